The van der Waals surface area contributed by atoms with E-state index in [9.17, 15) is 8.42 Å². The van der Waals surface area contributed by atoms with Gasteiger partial charge in [0.25, 0.3) is 0 Å². The van der Waals surface area contributed by atoms with Crippen LogP contribution in [0.4, 0.5) is 0 Å². The van der Waals surface area contributed by atoms with Gasteiger partial charge in [0.05, 0.1) is 7.11 Å². The molecular weight excluding hydrogens is 454 g/mol. The first-order chi connectivity index (χ1) is 16.5. The van der Waals surface area contributed by atoms with Crippen molar-refractivity contribution < 1.29 is 26.8 Å². The minimum atomic E-state index is -4.00. The summed E-state index contributed by atoms with van der Waals surface area (Å²) in [5.74, 6) is 2.30. The van der Waals surface area contributed by atoms with Crippen LogP contribution in [-0.2, 0) is 29.5 Å². The van der Waals surface area contributed by atoms with Crippen LogP contribution in [0.3, 0.4) is 0 Å². The van der Waals surface area contributed by atoms with Crippen molar-refractivity contribution in [3.8, 4) is 23.0 Å². The number of rotatable bonds is 4. The van der Waals surface area contributed by atoms with Crippen LogP contribution in [0.1, 0.15) is 28.3 Å². The lowest BCUT2D eigenvalue weighted by Gasteiger charge is -2.42. The molecule has 0 aliphatic carbocycles. The van der Waals surface area contributed by atoms with Crippen molar-refractivity contribution in [2.75, 3.05) is 26.9 Å². The zero-order valence-corrected chi connectivity index (χ0v) is 19.6. The van der Waals surface area contributed by atoms with Gasteiger partial charge in [0.15, 0.2) is 23.0 Å². The molecule has 6 rings (SSSR count). The van der Waals surface area contributed by atoms with Crippen LogP contribution in [0.5, 0.6) is 23.0 Å². The summed E-state index contributed by atoms with van der Waals surface area (Å²) in [6.45, 7) is 2.56. The fourth-order valence-electron chi connectivity index (χ4n) is 5.14. The highest BCUT2D eigenvalue weighted by molar-refractivity contribution is 7.87. The van der Waals surface area contributed by atoms with Crippen LogP contribution in [0, 0.1) is 0 Å². The lowest BCUT2D eigenvalue weighted by Crippen LogP contribution is -2.39. The van der Waals surface area contributed by atoms with Crippen molar-refractivity contribution >= 4 is 10.1 Å². The van der Waals surface area contributed by atoms with Crippen molar-refractivity contribution in [2.45, 2.75) is 30.3 Å². The van der Waals surface area contributed by atoms with Crippen LogP contribution in [0.2, 0.25) is 0 Å². The van der Waals surface area contributed by atoms with Crippen LogP contribution in [0.25, 0.3) is 0 Å². The molecule has 3 aromatic rings. The fourth-order valence-corrected chi connectivity index (χ4v) is 6.13. The molecule has 0 amide bonds. The van der Waals surface area contributed by atoms with Crippen molar-refractivity contribution in [2.24, 2.45) is 0 Å². The summed E-state index contributed by atoms with van der Waals surface area (Å²) in [7, 11) is -2.47. The first kappa shape index (κ1) is 21.3. The van der Waals surface area contributed by atoms with E-state index in [1.807, 2.05) is 6.07 Å². The van der Waals surface area contributed by atoms with E-state index in [4.69, 9.17) is 18.4 Å². The molecule has 0 saturated carbocycles. The molecule has 176 valence electrons. The molecular formula is C26H25NO6S. The van der Waals surface area contributed by atoms with Gasteiger partial charge in [-0.05, 0) is 59.9 Å². The second-order valence-corrected chi connectivity index (χ2v) is 10.3. The maximum atomic E-state index is 13.0. The second kappa shape index (κ2) is 8.21. The second-order valence-electron chi connectivity index (χ2n) is 8.72. The third kappa shape index (κ3) is 3.58. The van der Waals surface area contributed by atoms with Gasteiger partial charge in [0.1, 0.15) is 18.1 Å². The van der Waals surface area contributed by atoms with Gasteiger partial charge in [0.2, 0.25) is 0 Å². The lowest BCUT2D eigenvalue weighted by atomic mass is 9.83. The maximum absolute atomic E-state index is 13.0. The molecule has 3 heterocycles. The highest BCUT2D eigenvalue weighted by atomic mass is 32.2. The first-order valence-corrected chi connectivity index (χ1v) is 12.8. The van der Waals surface area contributed by atoms with Gasteiger partial charge in [-0.15, -0.1) is 0 Å². The van der Waals surface area contributed by atoms with Crippen molar-refractivity contribution in [1.29, 1.82) is 0 Å². The van der Waals surface area contributed by atoms with Gasteiger partial charge in [-0.1, -0.05) is 24.3 Å². The maximum Gasteiger partial charge on any atom is 0.339 e. The number of ether oxygens (including phenoxy) is 3. The Morgan fingerprint density at radius 2 is 1.74 bits per heavy atom. The van der Waals surface area contributed by atoms with E-state index in [2.05, 4.69) is 17.0 Å². The summed E-state index contributed by atoms with van der Waals surface area (Å²) in [5, 5.41) is 0. The van der Waals surface area contributed by atoms with Crippen molar-refractivity contribution in [1.82, 2.24) is 4.90 Å². The van der Waals surface area contributed by atoms with Crippen LogP contribution < -0.4 is 18.4 Å². The average Bonchev–Trinajstić information content (AvgIpc) is 2.87. The quantitative estimate of drug-likeness (QED) is 0.526. The standard InChI is InChI=1S/C26H25NO6S/c1-30-23-8-7-17-13-22-20-15-25-24(31-11-12-32-25)14-18(20)9-10-27(22)16-21(17)26(23)33-34(28,29)19-5-3-2-4-6-19/h2-8,14-15,22H,9-13,16H2,1H3. The van der Waals surface area contributed by atoms with Gasteiger partial charge in [0, 0.05) is 24.7 Å². The van der Waals surface area contributed by atoms with E-state index >= 15 is 0 Å². The lowest BCUT2D eigenvalue weighted by molar-refractivity contribution is 0.152. The molecule has 0 aromatic heterocycles. The summed E-state index contributed by atoms with van der Waals surface area (Å²) in [4.78, 5) is 2.49. The van der Waals surface area contributed by atoms with E-state index in [0.717, 1.165) is 42.0 Å². The minimum Gasteiger partial charge on any atom is -0.493 e. The fraction of sp³-hybridized carbons (Fsp3) is 0.308. The van der Waals surface area contributed by atoms with Gasteiger partial charge in [-0.25, -0.2) is 0 Å². The Bertz CT molecular complexity index is 1360. The Labute approximate surface area is 198 Å². The molecule has 3 aromatic carbocycles. The highest BCUT2D eigenvalue weighted by Crippen LogP contribution is 2.46. The SMILES string of the molecule is COc1ccc2c(c1OS(=O)(=O)c1ccccc1)CN1CCc3cc4c(cc3C1C2)OCCO4. The number of benzene rings is 3. The highest BCUT2D eigenvalue weighted by Gasteiger charge is 2.36. The molecule has 3 aliphatic heterocycles. The third-order valence-corrected chi connectivity index (χ3v) is 8.05. The molecule has 0 spiro atoms. The van der Waals surface area contributed by atoms with E-state index < -0.39 is 10.1 Å². The topological polar surface area (TPSA) is 74.3 Å². The predicted molar refractivity (Wildman–Crippen MR) is 125 cm³/mol. The molecule has 1 atom stereocenters. The van der Waals surface area contributed by atoms with E-state index in [-0.39, 0.29) is 16.7 Å². The Morgan fingerprint density at radius 3 is 2.50 bits per heavy atom. The number of hydrogen-bond acceptors (Lipinski definition) is 7. The monoisotopic (exact) mass is 479 g/mol. The van der Waals surface area contributed by atoms with E-state index in [1.165, 1.54) is 30.4 Å². The summed E-state index contributed by atoms with van der Waals surface area (Å²) in [6.07, 6.45) is 1.63. The normalized spacial score (nSPS) is 18.9. The first-order valence-electron chi connectivity index (χ1n) is 11.4. The molecule has 7 nitrogen and oxygen atoms in total. The predicted octanol–water partition coefficient (Wildman–Crippen LogP) is 3.89. The van der Waals surface area contributed by atoms with Crippen molar-refractivity contribution in [3.63, 3.8) is 0 Å². The zero-order chi connectivity index (χ0) is 23.3. The molecule has 0 radical (unpaired) electrons. The third-order valence-electron chi connectivity index (χ3n) is 6.81. The molecule has 1 unspecified atom stereocenters. The molecule has 0 N–H and O–H groups in total. The van der Waals surface area contributed by atoms with Gasteiger partial charge in [-0.3, -0.25) is 4.90 Å². The van der Waals surface area contributed by atoms with Crippen molar-refractivity contribution in [3.05, 3.63) is 76.9 Å². The number of nitrogens with zero attached hydrogens (tertiary/aromatic N) is 1. The average molecular weight is 480 g/mol. The molecule has 0 saturated heterocycles. The van der Waals surface area contributed by atoms with Gasteiger partial charge < -0.3 is 18.4 Å². The summed E-state index contributed by atoms with van der Waals surface area (Å²) in [5.41, 5.74) is 4.45. The van der Waals surface area contributed by atoms with E-state index in [0.29, 0.717) is 25.5 Å². The summed E-state index contributed by atoms with van der Waals surface area (Å²) in [6, 6.07) is 16.4. The van der Waals surface area contributed by atoms with Gasteiger partial charge in [-0.2, -0.15) is 8.42 Å². The molecule has 8 heteroatoms. The molecule has 0 fully saturated rings. The zero-order valence-electron chi connectivity index (χ0n) is 18.8. The molecule has 34 heavy (non-hydrogen) atoms. The molecule has 0 bridgehead atoms. The van der Waals surface area contributed by atoms with Crippen LogP contribution in [0.15, 0.2) is 59.5 Å². The smallest absolute Gasteiger partial charge is 0.339 e. The summed E-state index contributed by atoms with van der Waals surface area (Å²) >= 11 is 0. The Balaban J connectivity index is 1.38. The number of methoxy groups -OCH3 is 1. The summed E-state index contributed by atoms with van der Waals surface area (Å²) < 4.78 is 48.9. The number of fused-ring (bicyclic) bond motifs is 5. The molecule has 3 aliphatic rings. The van der Waals surface area contributed by atoms with Gasteiger partial charge >= 0.3 is 10.1 Å². The largest absolute Gasteiger partial charge is 0.493 e. The Morgan fingerprint density at radius 1 is 0.971 bits per heavy atom. The van der Waals surface area contributed by atoms with E-state index in [1.54, 1.807) is 24.3 Å². The Hall–Kier alpha value is -3.23. The number of hydrogen-bond donors (Lipinski definition) is 0. The van der Waals surface area contributed by atoms with Crippen LogP contribution >= 0.6 is 0 Å². The minimum absolute atomic E-state index is 0.113. The Kier molecular flexibility index (Phi) is 5.15. The van der Waals surface area contributed by atoms with Crippen LogP contribution in [-0.4, -0.2) is 40.2 Å².